The van der Waals surface area contributed by atoms with E-state index in [0.29, 0.717) is 6.54 Å². The van der Waals surface area contributed by atoms with Crippen molar-refractivity contribution >= 4 is 11.7 Å². The predicted octanol–water partition coefficient (Wildman–Crippen LogP) is 1.56. The molecule has 3 aliphatic heterocycles. The second kappa shape index (κ2) is 7.96. The maximum absolute atomic E-state index is 5.94. The summed E-state index contributed by atoms with van der Waals surface area (Å²) in [4.78, 5) is 16.9. The first-order valence-electron chi connectivity index (χ1n) is 9.80. The van der Waals surface area contributed by atoms with Gasteiger partial charge < -0.3 is 19.3 Å². The van der Waals surface area contributed by atoms with Crippen molar-refractivity contribution in [2.24, 2.45) is 4.99 Å². The molecule has 3 aliphatic rings. The average Bonchev–Trinajstić information content (AvgIpc) is 2.68. The minimum Gasteiger partial charge on any atom is -0.378 e. The first-order chi connectivity index (χ1) is 13.2. The lowest BCUT2D eigenvalue weighted by Gasteiger charge is -2.46. The maximum atomic E-state index is 5.94. The van der Waals surface area contributed by atoms with Crippen LogP contribution in [0.4, 0.5) is 5.82 Å². The summed E-state index contributed by atoms with van der Waals surface area (Å²) >= 11 is 0. The number of morpholine rings is 2. The third-order valence-corrected chi connectivity index (χ3v) is 5.23. The largest absolute Gasteiger partial charge is 0.378 e. The summed E-state index contributed by atoms with van der Waals surface area (Å²) in [6.07, 6.45) is 4.06. The van der Waals surface area contributed by atoms with Gasteiger partial charge in [-0.2, -0.15) is 0 Å². The number of pyridine rings is 1. The summed E-state index contributed by atoms with van der Waals surface area (Å²) in [5.74, 6) is 2.00. The Kier molecular flexibility index (Phi) is 5.43. The first-order valence-corrected chi connectivity index (χ1v) is 9.80. The Morgan fingerprint density at radius 2 is 1.96 bits per heavy atom. The normalized spacial score (nSPS) is 29.3. The van der Waals surface area contributed by atoms with E-state index in [9.17, 15) is 0 Å². The molecular formula is C20H29N5O2. The van der Waals surface area contributed by atoms with Gasteiger partial charge in [-0.3, -0.25) is 4.90 Å². The van der Waals surface area contributed by atoms with Gasteiger partial charge in [0.05, 0.1) is 31.0 Å². The number of rotatable bonds is 3. The van der Waals surface area contributed by atoms with E-state index in [1.54, 1.807) is 0 Å². The molecule has 0 N–H and O–H groups in total. The quantitative estimate of drug-likeness (QED) is 0.752. The van der Waals surface area contributed by atoms with E-state index in [1.807, 2.05) is 18.3 Å². The van der Waals surface area contributed by atoms with E-state index >= 15 is 0 Å². The van der Waals surface area contributed by atoms with Gasteiger partial charge in [0, 0.05) is 38.9 Å². The second-order valence-corrected chi connectivity index (χ2v) is 7.43. The first kappa shape index (κ1) is 18.4. The topological polar surface area (TPSA) is 53.4 Å². The number of hydrogen-bond donors (Lipinski definition) is 0. The molecule has 146 valence electrons. The van der Waals surface area contributed by atoms with Gasteiger partial charge in [0.15, 0.2) is 6.29 Å². The Labute approximate surface area is 161 Å². The summed E-state index contributed by atoms with van der Waals surface area (Å²) in [5.41, 5.74) is 1.09. The number of amidine groups is 1. The van der Waals surface area contributed by atoms with Crippen molar-refractivity contribution in [2.45, 2.75) is 32.3 Å². The molecule has 0 saturated carbocycles. The van der Waals surface area contributed by atoms with E-state index in [4.69, 9.17) is 19.5 Å². The Balaban J connectivity index is 1.74. The Hall–Kier alpha value is -1.96. The van der Waals surface area contributed by atoms with Crippen LogP contribution >= 0.6 is 0 Å². The van der Waals surface area contributed by atoms with Crippen molar-refractivity contribution in [3.8, 4) is 0 Å². The number of fused-ring (bicyclic) bond motifs is 1. The molecule has 4 heterocycles. The van der Waals surface area contributed by atoms with Crippen LogP contribution in [0.2, 0.25) is 0 Å². The summed E-state index contributed by atoms with van der Waals surface area (Å²) in [5, 5.41) is 0. The van der Waals surface area contributed by atoms with Crippen LogP contribution in [-0.4, -0.2) is 85.1 Å². The van der Waals surface area contributed by atoms with Crippen LogP contribution in [0.1, 0.15) is 19.4 Å². The molecule has 0 aromatic carbocycles. The molecule has 7 nitrogen and oxygen atoms in total. The fraction of sp³-hybridized carbons (Fsp3) is 0.600. The van der Waals surface area contributed by atoms with Crippen molar-refractivity contribution < 1.29 is 9.47 Å². The van der Waals surface area contributed by atoms with E-state index < -0.39 is 0 Å². The number of hydrogen-bond acceptors (Lipinski definition) is 7. The van der Waals surface area contributed by atoms with Crippen molar-refractivity contribution in [3.05, 3.63) is 36.5 Å². The highest BCUT2D eigenvalue weighted by atomic mass is 16.5. The average molecular weight is 371 g/mol. The Morgan fingerprint density at radius 1 is 1.22 bits per heavy atom. The second-order valence-electron chi connectivity index (χ2n) is 7.43. The molecule has 2 saturated heterocycles. The van der Waals surface area contributed by atoms with Crippen LogP contribution in [0.3, 0.4) is 0 Å². The fourth-order valence-electron chi connectivity index (χ4n) is 4.19. The van der Waals surface area contributed by atoms with Gasteiger partial charge >= 0.3 is 0 Å². The van der Waals surface area contributed by atoms with Crippen LogP contribution < -0.4 is 4.90 Å². The van der Waals surface area contributed by atoms with Crippen molar-refractivity contribution in [3.63, 3.8) is 0 Å². The minimum absolute atomic E-state index is 0.1000. The van der Waals surface area contributed by atoms with Gasteiger partial charge in [0.2, 0.25) is 0 Å². The fourth-order valence-corrected chi connectivity index (χ4v) is 4.19. The van der Waals surface area contributed by atoms with E-state index in [2.05, 4.69) is 41.2 Å². The lowest BCUT2D eigenvalue weighted by molar-refractivity contribution is -0.0798. The molecule has 27 heavy (non-hydrogen) atoms. The van der Waals surface area contributed by atoms with Crippen LogP contribution in [0.25, 0.3) is 0 Å². The summed E-state index contributed by atoms with van der Waals surface area (Å²) in [6.45, 7) is 13.8. The highest BCUT2D eigenvalue weighted by Gasteiger charge is 2.37. The van der Waals surface area contributed by atoms with Gasteiger partial charge in [-0.05, 0) is 26.0 Å². The maximum Gasteiger partial charge on any atom is 0.182 e. The highest BCUT2D eigenvalue weighted by molar-refractivity contribution is 6.04. The molecule has 0 bridgehead atoms. The van der Waals surface area contributed by atoms with Gasteiger partial charge in [-0.25, -0.2) is 9.98 Å². The molecule has 1 aromatic rings. The molecule has 3 atom stereocenters. The molecule has 4 rings (SSSR count). The Bertz CT molecular complexity index is 693. The third-order valence-electron chi connectivity index (χ3n) is 5.23. The van der Waals surface area contributed by atoms with Gasteiger partial charge in [-0.1, -0.05) is 6.08 Å². The van der Waals surface area contributed by atoms with Crippen LogP contribution in [0.15, 0.2) is 36.0 Å². The van der Waals surface area contributed by atoms with Crippen molar-refractivity contribution in [1.29, 1.82) is 0 Å². The Morgan fingerprint density at radius 3 is 2.67 bits per heavy atom. The predicted molar refractivity (Wildman–Crippen MR) is 106 cm³/mol. The number of aromatic nitrogens is 1. The molecule has 1 aromatic heterocycles. The number of anilines is 1. The lowest BCUT2D eigenvalue weighted by atomic mass is 10.1. The zero-order chi connectivity index (χ0) is 18.8. The number of nitrogens with zero attached hydrogens (tertiary/aromatic N) is 5. The molecular weight excluding hydrogens is 342 g/mol. The molecule has 0 aliphatic carbocycles. The highest BCUT2D eigenvalue weighted by Crippen LogP contribution is 2.30. The van der Waals surface area contributed by atoms with Crippen molar-refractivity contribution in [2.75, 3.05) is 50.8 Å². The third kappa shape index (κ3) is 3.72. The monoisotopic (exact) mass is 371 g/mol. The zero-order valence-electron chi connectivity index (χ0n) is 16.3. The molecule has 7 heteroatoms. The molecule has 0 spiro atoms. The molecule has 0 amide bonds. The van der Waals surface area contributed by atoms with Crippen LogP contribution in [-0.2, 0) is 9.47 Å². The summed E-state index contributed by atoms with van der Waals surface area (Å²) < 4.78 is 11.5. The van der Waals surface area contributed by atoms with Gasteiger partial charge in [-0.15, -0.1) is 6.58 Å². The van der Waals surface area contributed by atoms with Gasteiger partial charge in [0.25, 0.3) is 0 Å². The standard InChI is InChI=1S/C20H29N5O2/c1-4-8-25-18-17(6-5-7-21-18)19(23-9-11-26-12-10-23)22-20(25)24-13-15(2)27-16(3)14-24/h4-7,15-16,20H,1,8-14H2,2-3H3. The van der Waals surface area contributed by atoms with Crippen LogP contribution in [0, 0.1) is 0 Å². The number of aliphatic imine (C=N–C) groups is 1. The number of ether oxygens (including phenoxy) is 2. The van der Waals surface area contributed by atoms with E-state index in [-0.39, 0.29) is 18.5 Å². The van der Waals surface area contributed by atoms with E-state index in [0.717, 1.165) is 56.6 Å². The molecule has 2 fully saturated rings. The smallest absolute Gasteiger partial charge is 0.182 e. The minimum atomic E-state index is -0.1000. The van der Waals surface area contributed by atoms with Crippen LogP contribution in [0.5, 0.6) is 0 Å². The molecule has 0 radical (unpaired) electrons. The SMILES string of the molecule is C=CCN1c2ncccc2C(N2CCOCC2)=NC1N1CC(C)OC(C)C1. The summed E-state index contributed by atoms with van der Waals surface area (Å²) in [7, 11) is 0. The van der Waals surface area contributed by atoms with E-state index in [1.165, 1.54) is 0 Å². The summed E-state index contributed by atoms with van der Waals surface area (Å²) in [6, 6.07) is 4.10. The molecule has 3 unspecified atom stereocenters. The van der Waals surface area contributed by atoms with Crippen molar-refractivity contribution in [1.82, 2.24) is 14.8 Å². The lowest BCUT2D eigenvalue weighted by Crippen LogP contribution is -2.58. The zero-order valence-corrected chi connectivity index (χ0v) is 16.3. The van der Waals surface area contributed by atoms with Gasteiger partial charge in [0.1, 0.15) is 11.7 Å².